The Hall–Kier alpha value is 0.177. The molecule has 0 heterocycles. The van der Waals surface area contributed by atoms with Crippen molar-refractivity contribution >= 4 is 9.76 Å². The van der Waals surface area contributed by atoms with Crippen molar-refractivity contribution in [3.8, 4) is 0 Å². The summed E-state index contributed by atoms with van der Waals surface area (Å²) < 4.78 is 5.19. The average molecular weight is 287 g/mol. The van der Waals surface area contributed by atoms with Crippen molar-refractivity contribution in [3.05, 3.63) is 0 Å². The predicted molar refractivity (Wildman–Crippen MR) is 90.7 cm³/mol. The van der Waals surface area contributed by atoms with Crippen molar-refractivity contribution in [2.24, 2.45) is 0 Å². The van der Waals surface area contributed by atoms with Crippen LogP contribution in [-0.4, -0.2) is 16.9 Å². The lowest BCUT2D eigenvalue weighted by molar-refractivity contribution is 0.438. The summed E-state index contributed by atoms with van der Waals surface area (Å²) in [6.07, 6.45) is 20.4. The van der Waals surface area contributed by atoms with E-state index in [-0.39, 0.29) is 9.76 Å². The third-order valence-corrected chi connectivity index (χ3v) is 5.15. The quantitative estimate of drug-likeness (QED) is 0.264. The van der Waals surface area contributed by atoms with Gasteiger partial charge in [0.2, 0.25) is 0 Å². The zero-order valence-electron chi connectivity index (χ0n) is 13.7. The van der Waals surface area contributed by atoms with E-state index in [1.165, 1.54) is 95.9 Å². The number of rotatable bonds is 16. The van der Waals surface area contributed by atoms with Crippen LogP contribution in [0, 0.1) is 0 Å². The first-order valence-electron chi connectivity index (χ1n) is 8.90. The maximum atomic E-state index is 5.19. The number of hydrogen-bond acceptors (Lipinski definition) is 1. The SMILES string of the molecule is CCCCCCCCCCCCCCCC[SiH2]OC. The van der Waals surface area contributed by atoms with Gasteiger partial charge in [0.05, 0.1) is 0 Å². The average Bonchev–Trinajstić information content (AvgIpc) is 2.43. The summed E-state index contributed by atoms with van der Waals surface area (Å²) in [5, 5.41) is 0. The van der Waals surface area contributed by atoms with Gasteiger partial charge in [-0.3, -0.25) is 0 Å². The van der Waals surface area contributed by atoms with Crippen molar-refractivity contribution in [2.45, 2.75) is 103 Å². The molecule has 116 valence electrons. The van der Waals surface area contributed by atoms with E-state index in [0.29, 0.717) is 0 Å². The van der Waals surface area contributed by atoms with Crippen LogP contribution in [0.2, 0.25) is 6.04 Å². The molecule has 0 aromatic heterocycles. The normalized spacial score (nSPS) is 11.7. The van der Waals surface area contributed by atoms with Gasteiger partial charge >= 0.3 is 0 Å². The minimum Gasteiger partial charge on any atom is -0.427 e. The van der Waals surface area contributed by atoms with Gasteiger partial charge in [0.15, 0.2) is 9.76 Å². The zero-order valence-corrected chi connectivity index (χ0v) is 15.1. The molecule has 0 rings (SSSR count). The van der Waals surface area contributed by atoms with Crippen molar-refractivity contribution in [1.29, 1.82) is 0 Å². The Kier molecular flexibility index (Phi) is 18.3. The highest BCUT2D eigenvalue weighted by Gasteiger charge is 1.94. The van der Waals surface area contributed by atoms with E-state index in [1.807, 2.05) is 7.11 Å². The largest absolute Gasteiger partial charge is 0.427 e. The van der Waals surface area contributed by atoms with Crippen molar-refractivity contribution in [3.63, 3.8) is 0 Å². The summed E-state index contributed by atoms with van der Waals surface area (Å²) in [6.45, 7) is 2.29. The second-order valence-corrected chi connectivity index (χ2v) is 7.64. The van der Waals surface area contributed by atoms with Crippen LogP contribution in [-0.2, 0) is 4.43 Å². The predicted octanol–water partition coefficient (Wildman–Crippen LogP) is 5.62. The first-order valence-corrected chi connectivity index (χ1v) is 10.5. The Morgan fingerprint density at radius 2 is 0.947 bits per heavy atom. The molecule has 0 amide bonds. The van der Waals surface area contributed by atoms with Gasteiger partial charge in [0, 0.05) is 7.11 Å². The Morgan fingerprint density at radius 1 is 0.579 bits per heavy atom. The van der Waals surface area contributed by atoms with Crippen LogP contribution in [0.4, 0.5) is 0 Å². The van der Waals surface area contributed by atoms with Crippen LogP contribution in [0.1, 0.15) is 96.8 Å². The maximum absolute atomic E-state index is 5.19. The summed E-state index contributed by atoms with van der Waals surface area (Å²) in [7, 11) is 1.72. The van der Waals surface area contributed by atoms with Crippen molar-refractivity contribution < 1.29 is 4.43 Å². The molecule has 0 fully saturated rings. The van der Waals surface area contributed by atoms with Gasteiger partial charge < -0.3 is 4.43 Å². The topological polar surface area (TPSA) is 9.23 Å². The molecule has 0 bridgehead atoms. The van der Waals surface area contributed by atoms with Crippen LogP contribution < -0.4 is 0 Å². The third kappa shape index (κ3) is 18.2. The van der Waals surface area contributed by atoms with Crippen molar-refractivity contribution in [2.75, 3.05) is 7.11 Å². The molecular formula is C17H38OSi. The van der Waals surface area contributed by atoms with Crippen LogP contribution in [0.3, 0.4) is 0 Å². The molecule has 1 nitrogen and oxygen atoms in total. The van der Waals surface area contributed by atoms with Gasteiger partial charge in [-0.05, 0) is 6.04 Å². The van der Waals surface area contributed by atoms with E-state index in [1.54, 1.807) is 0 Å². The number of hydrogen-bond donors (Lipinski definition) is 0. The highest BCUT2D eigenvalue weighted by Crippen LogP contribution is 2.13. The molecule has 0 saturated carbocycles. The zero-order chi connectivity index (χ0) is 14.0. The van der Waals surface area contributed by atoms with E-state index in [9.17, 15) is 0 Å². The molecular weight excluding hydrogens is 248 g/mol. The van der Waals surface area contributed by atoms with E-state index in [2.05, 4.69) is 6.92 Å². The van der Waals surface area contributed by atoms with Crippen LogP contribution in [0.25, 0.3) is 0 Å². The lowest BCUT2D eigenvalue weighted by Crippen LogP contribution is -1.91. The summed E-state index contributed by atoms with van der Waals surface area (Å²) in [5.41, 5.74) is 0. The van der Waals surface area contributed by atoms with Crippen LogP contribution in [0.15, 0.2) is 0 Å². The minimum atomic E-state index is -0.140. The van der Waals surface area contributed by atoms with E-state index in [4.69, 9.17) is 4.43 Å². The minimum absolute atomic E-state index is 0.140. The fraction of sp³-hybridized carbons (Fsp3) is 1.00. The Bertz CT molecular complexity index is 134. The second-order valence-electron chi connectivity index (χ2n) is 5.94. The Balaban J connectivity index is 2.88. The highest BCUT2D eigenvalue weighted by atomic mass is 28.2. The lowest BCUT2D eigenvalue weighted by atomic mass is 10.0. The highest BCUT2D eigenvalue weighted by molar-refractivity contribution is 6.26. The molecule has 0 saturated heterocycles. The molecule has 19 heavy (non-hydrogen) atoms. The molecule has 0 radical (unpaired) electrons. The van der Waals surface area contributed by atoms with Gasteiger partial charge in [-0.1, -0.05) is 96.8 Å². The van der Waals surface area contributed by atoms with Crippen LogP contribution in [0.5, 0.6) is 0 Å². The molecule has 0 aromatic carbocycles. The molecule has 0 spiro atoms. The maximum Gasteiger partial charge on any atom is 0.161 e. The molecule has 0 atom stereocenters. The smallest absolute Gasteiger partial charge is 0.161 e. The fourth-order valence-corrected chi connectivity index (χ4v) is 3.46. The summed E-state index contributed by atoms with van der Waals surface area (Å²) in [5.74, 6) is 0. The monoisotopic (exact) mass is 286 g/mol. The standard InChI is InChI=1S/C17H38OSi/c1-3-4-5-6-7-8-9-10-11-12-13-14-15-16-17-19-18-2/h3-17,19H2,1-2H3. The second kappa shape index (κ2) is 18.2. The summed E-state index contributed by atoms with van der Waals surface area (Å²) in [6, 6.07) is 1.38. The van der Waals surface area contributed by atoms with Gasteiger partial charge in [-0.25, -0.2) is 0 Å². The Morgan fingerprint density at radius 3 is 1.32 bits per heavy atom. The molecule has 0 aliphatic heterocycles. The first kappa shape index (κ1) is 19.2. The van der Waals surface area contributed by atoms with Crippen LogP contribution >= 0.6 is 0 Å². The third-order valence-electron chi connectivity index (χ3n) is 3.95. The Labute approximate surface area is 124 Å². The molecule has 0 aromatic rings. The molecule has 0 aliphatic rings. The van der Waals surface area contributed by atoms with E-state index < -0.39 is 0 Å². The van der Waals surface area contributed by atoms with E-state index >= 15 is 0 Å². The summed E-state index contributed by atoms with van der Waals surface area (Å²) in [4.78, 5) is 0. The van der Waals surface area contributed by atoms with Gasteiger partial charge in [-0.15, -0.1) is 0 Å². The first-order chi connectivity index (χ1) is 9.41. The number of unbranched alkanes of at least 4 members (excludes halogenated alkanes) is 13. The molecule has 2 heteroatoms. The van der Waals surface area contributed by atoms with Gasteiger partial charge in [0.1, 0.15) is 0 Å². The summed E-state index contributed by atoms with van der Waals surface area (Å²) >= 11 is 0. The lowest BCUT2D eigenvalue weighted by Gasteiger charge is -2.03. The van der Waals surface area contributed by atoms with E-state index in [0.717, 1.165) is 0 Å². The van der Waals surface area contributed by atoms with Gasteiger partial charge in [-0.2, -0.15) is 0 Å². The molecule has 0 unspecified atom stereocenters. The fourth-order valence-electron chi connectivity index (χ4n) is 2.62. The molecule has 0 N–H and O–H groups in total. The van der Waals surface area contributed by atoms with Crippen molar-refractivity contribution in [1.82, 2.24) is 0 Å². The van der Waals surface area contributed by atoms with Gasteiger partial charge in [0.25, 0.3) is 0 Å². The molecule has 0 aliphatic carbocycles.